The van der Waals surface area contributed by atoms with Crippen LogP contribution in [0.3, 0.4) is 0 Å². The molecule has 23 heavy (non-hydrogen) atoms. The number of likely N-dealkylation sites (N-methyl/N-ethyl adjacent to an activating group) is 1. The standard InChI is InChI=1S/C15H27N3O5/c1-15(2,3)23-14(21)18-8-10(7-11(18)13(20)22-6)16-12(19)9-17(4)5/h10-11H,7-9H2,1-6H3,(H,16,19). The monoisotopic (exact) mass is 329 g/mol. The lowest BCUT2D eigenvalue weighted by molar-refractivity contribution is -0.145. The van der Waals surface area contributed by atoms with Crippen LogP contribution in [0.4, 0.5) is 4.79 Å². The lowest BCUT2D eigenvalue weighted by Crippen LogP contribution is -2.45. The minimum absolute atomic E-state index is 0.158. The number of carbonyl (C=O) groups excluding carboxylic acids is 3. The number of hydrogen-bond acceptors (Lipinski definition) is 6. The fraction of sp³-hybridized carbons (Fsp3) is 0.800. The van der Waals surface area contributed by atoms with Gasteiger partial charge in [-0.3, -0.25) is 9.69 Å². The van der Waals surface area contributed by atoms with Crippen molar-refractivity contribution in [2.24, 2.45) is 0 Å². The summed E-state index contributed by atoms with van der Waals surface area (Å²) >= 11 is 0. The molecule has 0 aromatic rings. The van der Waals surface area contributed by atoms with Crippen LogP contribution in [-0.4, -0.2) is 79.7 Å². The van der Waals surface area contributed by atoms with E-state index in [1.165, 1.54) is 12.0 Å². The molecule has 1 aliphatic rings. The van der Waals surface area contributed by atoms with E-state index in [-0.39, 0.29) is 25.0 Å². The predicted molar refractivity (Wildman–Crippen MR) is 83.8 cm³/mol. The predicted octanol–water partition coefficient (Wildman–Crippen LogP) is 0.215. The van der Waals surface area contributed by atoms with Crippen molar-refractivity contribution in [3.05, 3.63) is 0 Å². The van der Waals surface area contributed by atoms with Crippen LogP contribution in [0, 0.1) is 0 Å². The maximum absolute atomic E-state index is 12.3. The van der Waals surface area contributed by atoms with Crippen LogP contribution in [0.5, 0.6) is 0 Å². The first-order valence-corrected chi connectivity index (χ1v) is 7.55. The van der Waals surface area contributed by atoms with Gasteiger partial charge in [0.15, 0.2) is 0 Å². The van der Waals surface area contributed by atoms with E-state index in [1.807, 2.05) is 0 Å². The van der Waals surface area contributed by atoms with Gasteiger partial charge in [-0.1, -0.05) is 0 Å². The second kappa shape index (κ2) is 7.63. The molecule has 0 aromatic carbocycles. The number of carbonyl (C=O) groups is 3. The molecule has 132 valence electrons. The van der Waals surface area contributed by atoms with Crippen LogP contribution in [0.1, 0.15) is 27.2 Å². The van der Waals surface area contributed by atoms with Crippen molar-refractivity contribution in [1.29, 1.82) is 0 Å². The highest BCUT2D eigenvalue weighted by Gasteiger charge is 2.42. The summed E-state index contributed by atoms with van der Waals surface area (Å²) in [7, 11) is 4.85. The number of amides is 2. The van der Waals surface area contributed by atoms with Crippen LogP contribution in [-0.2, 0) is 19.1 Å². The molecule has 8 nitrogen and oxygen atoms in total. The normalized spacial score (nSPS) is 21.3. The molecular weight excluding hydrogens is 302 g/mol. The molecule has 2 atom stereocenters. The molecule has 0 spiro atoms. The first-order chi connectivity index (χ1) is 10.5. The average molecular weight is 329 g/mol. The largest absolute Gasteiger partial charge is 0.467 e. The quantitative estimate of drug-likeness (QED) is 0.742. The van der Waals surface area contributed by atoms with Crippen molar-refractivity contribution in [2.45, 2.75) is 44.9 Å². The highest BCUT2D eigenvalue weighted by atomic mass is 16.6. The maximum Gasteiger partial charge on any atom is 0.411 e. The fourth-order valence-corrected chi connectivity index (χ4v) is 2.38. The SMILES string of the molecule is COC(=O)C1CC(NC(=O)CN(C)C)CN1C(=O)OC(C)(C)C. The third kappa shape index (κ3) is 6.05. The van der Waals surface area contributed by atoms with Gasteiger partial charge in [0.05, 0.1) is 13.7 Å². The smallest absolute Gasteiger partial charge is 0.411 e. The number of hydrogen-bond donors (Lipinski definition) is 1. The van der Waals surface area contributed by atoms with Gasteiger partial charge in [0.1, 0.15) is 11.6 Å². The van der Waals surface area contributed by atoms with Crippen LogP contribution >= 0.6 is 0 Å². The van der Waals surface area contributed by atoms with E-state index >= 15 is 0 Å². The molecule has 0 radical (unpaired) electrons. The molecule has 1 rings (SSSR count). The Kier molecular flexibility index (Phi) is 6.37. The molecule has 2 unspecified atom stereocenters. The number of nitrogens with one attached hydrogen (secondary N) is 1. The first kappa shape index (κ1) is 19.2. The zero-order valence-electron chi connectivity index (χ0n) is 14.7. The van der Waals surface area contributed by atoms with Crippen molar-refractivity contribution in [1.82, 2.24) is 15.1 Å². The van der Waals surface area contributed by atoms with Crippen LogP contribution in [0.15, 0.2) is 0 Å². The maximum atomic E-state index is 12.3. The second-order valence-corrected chi connectivity index (χ2v) is 6.91. The van der Waals surface area contributed by atoms with Gasteiger partial charge < -0.3 is 19.7 Å². The fourth-order valence-electron chi connectivity index (χ4n) is 2.38. The third-order valence-electron chi connectivity index (χ3n) is 3.23. The van der Waals surface area contributed by atoms with Gasteiger partial charge in [-0.25, -0.2) is 9.59 Å². The van der Waals surface area contributed by atoms with Gasteiger partial charge in [-0.05, 0) is 34.9 Å². The summed E-state index contributed by atoms with van der Waals surface area (Å²) < 4.78 is 10.1. The van der Waals surface area contributed by atoms with Crippen molar-refractivity contribution < 1.29 is 23.9 Å². The summed E-state index contributed by atoms with van der Waals surface area (Å²) in [5, 5.41) is 2.83. The zero-order chi connectivity index (χ0) is 17.8. The van der Waals surface area contributed by atoms with Crippen LogP contribution < -0.4 is 5.32 Å². The molecule has 0 aromatic heterocycles. The van der Waals surface area contributed by atoms with E-state index in [2.05, 4.69) is 5.32 Å². The Morgan fingerprint density at radius 1 is 1.26 bits per heavy atom. The van der Waals surface area contributed by atoms with Gasteiger partial charge in [0, 0.05) is 19.0 Å². The van der Waals surface area contributed by atoms with Crippen molar-refractivity contribution in [3.63, 3.8) is 0 Å². The number of esters is 1. The molecular formula is C15H27N3O5. The van der Waals surface area contributed by atoms with Gasteiger partial charge in [0.2, 0.25) is 5.91 Å². The number of nitrogens with zero attached hydrogens (tertiary/aromatic N) is 2. The van der Waals surface area contributed by atoms with E-state index in [9.17, 15) is 14.4 Å². The molecule has 0 bridgehead atoms. The van der Waals surface area contributed by atoms with E-state index in [0.29, 0.717) is 6.42 Å². The van der Waals surface area contributed by atoms with Crippen LogP contribution in [0.2, 0.25) is 0 Å². The Hall–Kier alpha value is -1.83. The van der Waals surface area contributed by atoms with Crippen LogP contribution in [0.25, 0.3) is 0 Å². The minimum atomic E-state index is -0.750. The Morgan fingerprint density at radius 2 is 1.87 bits per heavy atom. The summed E-state index contributed by atoms with van der Waals surface area (Å²) in [6, 6.07) is -1.06. The van der Waals surface area contributed by atoms with Gasteiger partial charge in [0.25, 0.3) is 0 Å². The summed E-state index contributed by atoms with van der Waals surface area (Å²) in [5.74, 6) is -0.671. The van der Waals surface area contributed by atoms with Crippen molar-refractivity contribution >= 4 is 18.0 Å². The number of ether oxygens (including phenoxy) is 2. The van der Waals surface area contributed by atoms with E-state index in [1.54, 1.807) is 39.8 Å². The molecule has 1 N–H and O–H groups in total. The Balaban J connectivity index is 2.77. The zero-order valence-corrected chi connectivity index (χ0v) is 14.7. The van der Waals surface area contributed by atoms with Gasteiger partial charge in [-0.2, -0.15) is 0 Å². The molecule has 0 aliphatic carbocycles. The number of likely N-dealkylation sites (tertiary alicyclic amines) is 1. The Morgan fingerprint density at radius 3 is 2.35 bits per heavy atom. The Bertz CT molecular complexity index is 459. The van der Waals surface area contributed by atoms with E-state index < -0.39 is 23.7 Å². The summed E-state index contributed by atoms with van der Waals surface area (Å²) in [6.45, 7) is 5.72. The summed E-state index contributed by atoms with van der Waals surface area (Å²) in [5.41, 5.74) is -0.663. The molecule has 8 heteroatoms. The highest BCUT2D eigenvalue weighted by Crippen LogP contribution is 2.22. The molecule has 1 fully saturated rings. The summed E-state index contributed by atoms with van der Waals surface area (Å²) in [6.07, 6.45) is -0.275. The summed E-state index contributed by atoms with van der Waals surface area (Å²) in [4.78, 5) is 39.1. The molecule has 1 heterocycles. The van der Waals surface area contributed by atoms with E-state index in [4.69, 9.17) is 9.47 Å². The topological polar surface area (TPSA) is 88.2 Å². The molecule has 0 saturated carbocycles. The number of rotatable bonds is 4. The highest BCUT2D eigenvalue weighted by molar-refractivity contribution is 5.83. The first-order valence-electron chi connectivity index (χ1n) is 7.55. The van der Waals surface area contributed by atoms with Crippen molar-refractivity contribution in [3.8, 4) is 0 Å². The molecule has 2 amide bonds. The van der Waals surface area contributed by atoms with Gasteiger partial charge in [-0.15, -0.1) is 0 Å². The third-order valence-corrected chi connectivity index (χ3v) is 3.23. The average Bonchev–Trinajstić information content (AvgIpc) is 2.78. The van der Waals surface area contributed by atoms with Gasteiger partial charge >= 0.3 is 12.1 Å². The molecule has 1 aliphatic heterocycles. The number of methoxy groups -OCH3 is 1. The molecule has 1 saturated heterocycles. The Labute approximate surface area is 137 Å². The lowest BCUT2D eigenvalue weighted by atomic mass is 10.1. The second-order valence-electron chi connectivity index (χ2n) is 6.91. The minimum Gasteiger partial charge on any atom is -0.467 e. The van der Waals surface area contributed by atoms with E-state index in [0.717, 1.165) is 0 Å². The lowest BCUT2D eigenvalue weighted by Gasteiger charge is -2.27. The van der Waals surface area contributed by atoms with Crippen molar-refractivity contribution in [2.75, 3.05) is 34.3 Å².